The maximum absolute atomic E-state index is 12.7. The van der Waals surface area contributed by atoms with Crippen molar-refractivity contribution in [1.82, 2.24) is 10.2 Å². The molecule has 0 aliphatic rings. The monoisotopic (exact) mass is 374 g/mol. The molecule has 0 bridgehead atoms. The SMILES string of the molecule is CCOc1ccccc1C(=O)NC[C@H](c1ccccc1Cl)N(CC)CC. The Morgan fingerprint density at radius 3 is 2.38 bits per heavy atom. The summed E-state index contributed by atoms with van der Waals surface area (Å²) in [5, 5.41) is 3.77. The number of rotatable bonds is 9. The first-order valence-electron chi connectivity index (χ1n) is 9.10. The van der Waals surface area contributed by atoms with Crippen molar-refractivity contribution in [3.63, 3.8) is 0 Å². The third kappa shape index (κ3) is 4.99. The van der Waals surface area contributed by atoms with Crippen LogP contribution in [-0.4, -0.2) is 37.0 Å². The maximum Gasteiger partial charge on any atom is 0.255 e. The lowest BCUT2D eigenvalue weighted by Gasteiger charge is -2.31. The molecule has 1 N–H and O–H groups in total. The minimum absolute atomic E-state index is 0.0157. The van der Waals surface area contributed by atoms with Crippen LogP contribution in [0.25, 0.3) is 0 Å². The second-order valence-corrected chi connectivity index (χ2v) is 6.30. The quantitative estimate of drug-likeness (QED) is 0.700. The van der Waals surface area contributed by atoms with Crippen molar-refractivity contribution in [2.75, 3.05) is 26.2 Å². The second kappa shape index (κ2) is 10.2. The van der Waals surface area contributed by atoms with Crippen LogP contribution in [-0.2, 0) is 0 Å². The van der Waals surface area contributed by atoms with E-state index in [4.69, 9.17) is 16.3 Å². The summed E-state index contributed by atoms with van der Waals surface area (Å²) in [5.74, 6) is 0.461. The Kier molecular flexibility index (Phi) is 7.95. The van der Waals surface area contributed by atoms with Crippen LogP contribution >= 0.6 is 11.6 Å². The van der Waals surface area contributed by atoms with E-state index in [1.165, 1.54) is 0 Å². The molecule has 0 saturated carbocycles. The van der Waals surface area contributed by atoms with E-state index >= 15 is 0 Å². The summed E-state index contributed by atoms with van der Waals surface area (Å²) in [4.78, 5) is 15.0. The van der Waals surface area contributed by atoms with Gasteiger partial charge in [0.15, 0.2) is 0 Å². The molecule has 0 radical (unpaired) electrons. The van der Waals surface area contributed by atoms with Gasteiger partial charge in [0.2, 0.25) is 0 Å². The lowest BCUT2D eigenvalue weighted by Crippen LogP contribution is -2.38. The number of carbonyl (C=O) groups is 1. The number of hydrogen-bond acceptors (Lipinski definition) is 3. The Morgan fingerprint density at radius 2 is 1.73 bits per heavy atom. The van der Waals surface area contributed by atoms with Crippen molar-refractivity contribution in [3.05, 3.63) is 64.7 Å². The smallest absolute Gasteiger partial charge is 0.255 e. The Hall–Kier alpha value is -2.04. The van der Waals surface area contributed by atoms with Crippen LogP contribution in [0.15, 0.2) is 48.5 Å². The molecule has 4 nitrogen and oxygen atoms in total. The number of ether oxygens (including phenoxy) is 1. The van der Waals surface area contributed by atoms with Crippen LogP contribution in [0.5, 0.6) is 5.75 Å². The van der Waals surface area contributed by atoms with Gasteiger partial charge in [-0.15, -0.1) is 0 Å². The van der Waals surface area contributed by atoms with E-state index in [-0.39, 0.29) is 11.9 Å². The normalized spacial score (nSPS) is 12.0. The fraction of sp³-hybridized carbons (Fsp3) is 0.381. The van der Waals surface area contributed by atoms with Crippen LogP contribution in [0.2, 0.25) is 5.02 Å². The Morgan fingerprint density at radius 1 is 1.08 bits per heavy atom. The number of nitrogens with one attached hydrogen (secondary N) is 1. The van der Waals surface area contributed by atoms with E-state index in [1.54, 1.807) is 6.07 Å². The van der Waals surface area contributed by atoms with Crippen LogP contribution in [0.4, 0.5) is 0 Å². The highest BCUT2D eigenvalue weighted by molar-refractivity contribution is 6.31. The molecule has 2 aromatic rings. The average Bonchev–Trinajstić information content (AvgIpc) is 2.66. The first-order valence-corrected chi connectivity index (χ1v) is 9.48. The molecule has 140 valence electrons. The number of benzene rings is 2. The summed E-state index contributed by atoms with van der Waals surface area (Å²) in [5.41, 5.74) is 1.57. The molecule has 0 unspecified atom stereocenters. The maximum atomic E-state index is 12.7. The third-order valence-electron chi connectivity index (χ3n) is 4.40. The van der Waals surface area contributed by atoms with Crippen LogP contribution in [0, 0.1) is 0 Å². The molecule has 0 spiro atoms. The lowest BCUT2D eigenvalue weighted by atomic mass is 10.0. The minimum atomic E-state index is -0.141. The fourth-order valence-corrected chi connectivity index (χ4v) is 3.33. The summed E-state index contributed by atoms with van der Waals surface area (Å²) in [7, 11) is 0. The highest BCUT2D eigenvalue weighted by atomic mass is 35.5. The standard InChI is InChI=1S/C21H27ClN2O2/c1-4-24(5-2)19(16-11-7-9-13-18(16)22)15-23-21(25)17-12-8-10-14-20(17)26-6-3/h7-14,19H,4-6,15H2,1-3H3,(H,23,25)/t19-/m1/s1. The molecule has 1 atom stereocenters. The predicted molar refractivity (Wildman–Crippen MR) is 107 cm³/mol. The topological polar surface area (TPSA) is 41.6 Å². The molecule has 2 aromatic carbocycles. The molecule has 5 heteroatoms. The zero-order chi connectivity index (χ0) is 18.9. The van der Waals surface area contributed by atoms with Crippen LogP contribution in [0.1, 0.15) is 42.7 Å². The number of likely N-dealkylation sites (N-methyl/N-ethyl adjacent to an activating group) is 1. The van der Waals surface area contributed by atoms with Gasteiger partial charge in [0.25, 0.3) is 5.91 Å². The number of carbonyl (C=O) groups excluding carboxylic acids is 1. The molecule has 0 aliphatic heterocycles. The number of amides is 1. The average molecular weight is 375 g/mol. The molecule has 0 aliphatic carbocycles. The molecule has 0 saturated heterocycles. The zero-order valence-corrected chi connectivity index (χ0v) is 16.4. The van der Waals surface area contributed by atoms with Crippen LogP contribution < -0.4 is 10.1 Å². The van der Waals surface area contributed by atoms with Crippen molar-refractivity contribution in [2.45, 2.75) is 26.8 Å². The molecular weight excluding hydrogens is 348 g/mol. The molecule has 1 amide bonds. The van der Waals surface area contributed by atoms with Gasteiger partial charge >= 0.3 is 0 Å². The van der Waals surface area contributed by atoms with Gasteiger partial charge in [-0.3, -0.25) is 9.69 Å². The lowest BCUT2D eigenvalue weighted by molar-refractivity contribution is 0.0931. The first kappa shape index (κ1) is 20.3. The third-order valence-corrected chi connectivity index (χ3v) is 4.75. The summed E-state index contributed by atoms with van der Waals surface area (Å²) in [6.45, 7) is 8.87. The molecule has 0 aromatic heterocycles. The van der Waals surface area contributed by atoms with Crippen molar-refractivity contribution >= 4 is 17.5 Å². The highest BCUT2D eigenvalue weighted by Crippen LogP contribution is 2.27. The number of hydrogen-bond donors (Lipinski definition) is 1. The zero-order valence-electron chi connectivity index (χ0n) is 15.7. The molecule has 26 heavy (non-hydrogen) atoms. The summed E-state index contributed by atoms with van der Waals surface area (Å²) in [6.07, 6.45) is 0. The molecule has 0 heterocycles. The van der Waals surface area contributed by atoms with Crippen molar-refractivity contribution < 1.29 is 9.53 Å². The van der Waals surface area contributed by atoms with Gasteiger partial charge in [0.05, 0.1) is 18.2 Å². The van der Waals surface area contributed by atoms with Gasteiger partial charge < -0.3 is 10.1 Å². The van der Waals surface area contributed by atoms with Crippen LogP contribution in [0.3, 0.4) is 0 Å². The molecular formula is C21H27ClN2O2. The van der Waals surface area contributed by atoms with Gasteiger partial charge in [-0.2, -0.15) is 0 Å². The summed E-state index contributed by atoms with van der Waals surface area (Å²) >= 11 is 6.42. The van der Waals surface area contributed by atoms with Crippen molar-refractivity contribution in [1.29, 1.82) is 0 Å². The number of halogens is 1. The van der Waals surface area contributed by atoms with Gasteiger partial charge in [0.1, 0.15) is 5.75 Å². The van der Waals surface area contributed by atoms with Gasteiger partial charge in [0, 0.05) is 11.6 Å². The largest absolute Gasteiger partial charge is 0.493 e. The van der Waals surface area contributed by atoms with E-state index in [2.05, 4.69) is 24.1 Å². The number of nitrogens with zero attached hydrogens (tertiary/aromatic N) is 1. The van der Waals surface area contributed by atoms with E-state index < -0.39 is 0 Å². The summed E-state index contributed by atoms with van der Waals surface area (Å²) < 4.78 is 5.57. The van der Waals surface area contributed by atoms with Gasteiger partial charge in [-0.25, -0.2) is 0 Å². The van der Waals surface area contributed by atoms with E-state index in [0.29, 0.717) is 29.5 Å². The second-order valence-electron chi connectivity index (χ2n) is 5.90. The Bertz CT molecular complexity index is 717. The van der Waals surface area contributed by atoms with Crippen molar-refractivity contribution in [2.24, 2.45) is 0 Å². The van der Waals surface area contributed by atoms with E-state index in [0.717, 1.165) is 18.7 Å². The first-order chi connectivity index (χ1) is 12.6. The summed E-state index contributed by atoms with van der Waals surface area (Å²) in [6, 6.07) is 15.1. The van der Waals surface area contributed by atoms with Gasteiger partial charge in [-0.1, -0.05) is 55.8 Å². The van der Waals surface area contributed by atoms with Crippen molar-refractivity contribution in [3.8, 4) is 5.75 Å². The van der Waals surface area contributed by atoms with E-state index in [1.807, 2.05) is 49.4 Å². The minimum Gasteiger partial charge on any atom is -0.493 e. The Labute approximate surface area is 161 Å². The molecule has 0 fully saturated rings. The number of para-hydroxylation sites is 1. The molecule has 2 rings (SSSR count). The predicted octanol–water partition coefficient (Wildman–Crippen LogP) is 4.55. The van der Waals surface area contributed by atoms with E-state index in [9.17, 15) is 4.79 Å². The Balaban J connectivity index is 2.19. The van der Waals surface area contributed by atoms with Gasteiger partial charge in [-0.05, 0) is 43.8 Å². The fourth-order valence-electron chi connectivity index (χ4n) is 3.07. The highest BCUT2D eigenvalue weighted by Gasteiger charge is 2.22.